The maximum absolute atomic E-state index is 5.20. The molecular weight excluding hydrogens is 306 g/mol. The number of halogens is 1. The Morgan fingerprint density at radius 1 is 1.42 bits per heavy atom. The second-order valence-corrected chi connectivity index (χ2v) is 6.10. The van der Waals surface area contributed by atoms with Crippen molar-refractivity contribution in [2.75, 3.05) is 26.8 Å². The zero-order valence-electron chi connectivity index (χ0n) is 12.7. The van der Waals surface area contributed by atoms with E-state index in [0.29, 0.717) is 5.92 Å². The van der Waals surface area contributed by atoms with Crippen LogP contribution in [0.4, 0.5) is 0 Å². The Kier molecular flexibility index (Phi) is 7.04. The van der Waals surface area contributed by atoms with Crippen LogP contribution >= 0.6 is 15.9 Å². The van der Waals surface area contributed by atoms with Gasteiger partial charge in [-0.15, -0.1) is 0 Å². The molecule has 4 nitrogen and oxygen atoms in total. The molecule has 0 aliphatic carbocycles. The highest BCUT2D eigenvalue weighted by atomic mass is 79.9. The molecule has 0 bridgehead atoms. The maximum Gasteiger partial charge on any atom is 0.0767 e. The first-order valence-corrected chi connectivity index (χ1v) is 7.70. The molecule has 1 heterocycles. The molecule has 1 aromatic heterocycles. The van der Waals surface area contributed by atoms with Crippen molar-refractivity contribution in [1.29, 1.82) is 0 Å². The first kappa shape index (κ1) is 16.7. The van der Waals surface area contributed by atoms with Gasteiger partial charge >= 0.3 is 0 Å². The first-order valence-electron chi connectivity index (χ1n) is 6.91. The van der Waals surface area contributed by atoms with Crippen LogP contribution in [0.25, 0.3) is 0 Å². The Hall–Kier alpha value is -0.390. The Morgan fingerprint density at radius 3 is 2.58 bits per heavy atom. The van der Waals surface area contributed by atoms with E-state index in [-0.39, 0.29) is 0 Å². The number of methoxy groups -OCH3 is 1. The largest absolute Gasteiger partial charge is 0.383 e. The molecule has 0 fully saturated rings. The Labute approximate surface area is 125 Å². The van der Waals surface area contributed by atoms with Crippen molar-refractivity contribution in [3.8, 4) is 0 Å². The number of nitrogens with zero attached hydrogens (tertiary/aromatic N) is 3. The summed E-state index contributed by atoms with van der Waals surface area (Å²) in [6, 6.07) is 0. The van der Waals surface area contributed by atoms with Gasteiger partial charge in [0, 0.05) is 33.8 Å². The number of rotatable bonds is 8. The number of hydrogen-bond acceptors (Lipinski definition) is 3. The molecule has 5 heteroatoms. The molecule has 0 radical (unpaired) electrons. The lowest BCUT2D eigenvalue weighted by atomic mass is 10.2. The summed E-state index contributed by atoms with van der Waals surface area (Å²) in [5.41, 5.74) is 2.38. The summed E-state index contributed by atoms with van der Waals surface area (Å²) < 4.78 is 8.35. The maximum atomic E-state index is 5.20. The molecule has 0 amide bonds. The highest BCUT2D eigenvalue weighted by molar-refractivity contribution is 9.10. The van der Waals surface area contributed by atoms with Gasteiger partial charge < -0.3 is 4.74 Å². The van der Waals surface area contributed by atoms with Crippen LogP contribution in [0.2, 0.25) is 0 Å². The van der Waals surface area contributed by atoms with E-state index in [2.05, 4.69) is 46.7 Å². The molecule has 19 heavy (non-hydrogen) atoms. The molecule has 0 unspecified atom stereocenters. The van der Waals surface area contributed by atoms with E-state index in [1.54, 1.807) is 7.11 Å². The predicted molar refractivity (Wildman–Crippen MR) is 82.3 cm³/mol. The van der Waals surface area contributed by atoms with Crippen LogP contribution in [0.1, 0.15) is 32.2 Å². The number of ether oxygens (including phenoxy) is 1. The molecule has 0 saturated carbocycles. The molecule has 0 aromatic carbocycles. The third-order valence-corrected chi connectivity index (χ3v) is 4.03. The van der Waals surface area contributed by atoms with Gasteiger partial charge in [0.15, 0.2) is 0 Å². The minimum Gasteiger partial charge on any atom is -0.383 e. The van der Waals surface area contributed by atoms with Gasteiger partial charge in [-0.05, 0) is 28.3 Å². The zero-order valence-corrected chi connectivity index (χ0v) is 14.3. The predicted octanol–water partition coefficient (Wildman–Crippen LogP) is 2.85. The fraction of sp³-hybridized carbons (Fsp3) is 0.786. The van der Waals surface area contributed by atoms with Crippen LogP contribution in [-0.4, -0.2) is 41.5 Å². The van der Waals surface area contributed by atoms with Gasteiger partial charge in [-0.3, -0.25) is 9.58 Å². The van der Waals surface area contributed by atoms with Crippen molar-refractivity contribution in [1.82, 2.24) is 14.7 Å². The minimum atomic E-state index is 0.648. The molecule has 1 aromatic rings. The fourth-order valence-electron chi connectivity index (χ4n) is 2.18. The monoisotopic (exact) mass is 331 g/mol. The van der Waals surface area contributed by atoms with Crippen LogP contribution in [0.5, 0.6) is 0 Å². The summed E-state index contributed by atoms with van der Waals surface area (Å²) in [5, 5.41) is 4.55. The minimum absolute atomic E-state index is 0.648. The van der Waals surface area contributed by atoms with Crippen LogP contribution in [0.15, 0.2) is 4.47 Å². The van der Waals surface area contributed by atoms with Gasteiger partial charge in [0.2, 0.25) is 0 Å². The van der Waals surface area contributed by atoms with E-state index in [4.69, 9.17) is 4.74 Å². The second kappa shape index (κ2) is 8.02. The SMILES string of the molecule is CCc1nn(C)c(CN(CCOC)CC(C)C)c1Br. The van der Waals surface area contributed by atoms with E-state index < -0.39 is 0 Å². The van der Waals surface area contributed by atoms with E-state index >= 15 is 0 Å². The standard InChI is InChI=1S/C14H26BrN3O/c1-6-12-14(15)13(17(4)16-12)10-18(7-8-19-5)9-11(2)3/h11H,6-10H2,1-5H3. The summed E-state index contributed by atoms with van der Waals surface area (Å²) in [4.78, 5) is 2.43. The summed E-state index contributed by atoms with van der Waals surface area (Å²) >= 11 is 3.68. The molecule has 0 aliphatic heterocycles. The van der Waals surface area contributed by atoms with Crippen molar-refractivity contribution >= 4 is 15.9 Å². The highest BCUT2D eigenvalue weighted by Gasteiger charge is 2.16. The lowest BCUT2D eigenvalue weighted by molar-refractivity contribution is 0.134. The van der Waals surface area contributed by atoms with Crippen LogP contribution in [0, 0.1) is 5.92 Å². The van der Waals surface area contributed by atoms with Crippen LogP contribution in [-0.2, 0) is 24.8 Å². The molecule has 0 atom stereocenters. The molecule has 1 rings (SSSR count). The summed E-state index contributed by atoms with van der Waals surface area (Å²) in [6.45, 7) is 10.3. The Bertz CT molecular complexity index is 390. The van der Waals surface area contributed by atoms with Gasteiger partial charge in [-0.1, -0.05) is 20.8 Å². The number of aromatic nitrogens is 2. The molecule has 0 saturated heterocycles. The molecule has 0 spiro atoms. The molecule has 110 valence electrons. The van der Waals surface area contributed by atoms with Gasteiger partial charge in [-0.2, -0.15) is 5.10 Å². The Balaban J connectivity index is 2.79. The van der Waals surface area contributed by atoms with Crippen molar-refractivity contribution < 1.29 is 4.74 Å². The van der Waals surface area contributed by atoms with Crippen molar-refractivity contribution in [2.24, 2.45) is 13.0 Å². The zero-order chi connectivity index (χ0) is 14.4. The van der Waals surface area contributed by atoms with Crippen LogP contribution in [0.3, 0.4) is 0 Å². The average molecular weight is 332 g/mol. The van der Waals surface area contributed by atoms with Crippen molar-refractivity contribution in [3.05, 3.63) is 15.9 Å². The molecule has 0 N–H and O–H groups in total. The second-order valence-electron chi connectivity index (χ2n) is 5.31. The summed E-state index contributed by atoms with van der Waals surface area (Å²) in [7, 11) is 3.77. The fourth-order valence-corrected chi connectivity index (χ4v) is 2.92. The summed E-state index contributed by atoms with van der Waals surface area (Å²) in [5.74, 6) is 0.648. The third kappa shape index (κ3) is 4.89. The van der Waals surface area contributed by atoms with Gasteiger partial charge in [0.05, 0.1) is 22.5 Å². The topological polar surface area (TPSA) is 30.3 Å². The normalized spacial score (nSPS) is 11.8. The van der Waals surface area contributed by atoms with E-state index in [9.17, 15) is 0 Å². The van der Waals surface area contributed by atoms with Crippen molar-refractivity contribution in [2.45, 2.75) is 33.7 Å². The third-order valence-electron chi connectivity index (χ3n) is 3.11. The molecular formula is C14H26BrN3O. The average Bonchev–Trinajstić information content (AvgIpc) is 2.62. The van der Waals surface area contributed by atoms with E-state index in [0.717, 1.165) is 42.8 Å². The lowest BCUT2D eigenvalue weighted by Gasteiger charge is -2.24. The van der Waals surface area contributed by atoms with Crippen LogP contribution < -0.4 is 0 Å². The highest BCUT2D eigenvalue weighted by Crippen LogP contribution is 2.23. The number of aryl methyl sites for hydroxylation is 2. The summed E-state index contributed by atoms with van der Waals surface area (Å²) in [6.07, 6.45) is 0.955. The Morgan fingerprint density at radius 2 is 2.11 bits per heavy atom. The van der Waals surface area contributed by atoms with Gasteiger partial charge in [0.25, 0.3) is 0 Å². The number of hydrogen-bond donors (Lipinski definition) is 0. The van der Waals surface area contributed by atoms with E-state index in [1.165, 1.54) is 5.69 Å². The van der Waals surface area contributed by atoms with Crippen molar-refractivity contribution in [3.63, 3.8) is 0 Å². The quantitative estimate of drug-likeness (QED) is 0.733. The lowest BCUT2D eigenvalue weighted by Crippen LogP contribution is -2.31. The van der Waals surface area contributed by atoms with Gasteiger partial charge in [0.1, 0.15) is 0 Å². The smallest absolute Gasteiger partial charge is 0.0767 e. The molecule has 0 aliphatic rings. The van der Waals surface area contributed by atoms with E-state index in [1.807, 2.05) is 11.7 Å². The first-order chi connectivity index (χ1) is 8.99. The van der Waals surface area contributed by atoms with Gasteiger partial charge in [-0.25, -0.2) is 0 Å².